The third-order valence-electron chi connectivity index (χ3n) is 2.67. The number of carbonyl (C=O) groups excluding carboxylic acids is 1. The number of carboxylic acid groups (broad SMARTS) is 1. The lowest BCUT2D eigenvalue weighted by molar-refractivity contribution is 0.0696. The minimum atomic E-state index is -1.01. The van der Waals surface area contributed by atoms with E-state index in [9.17, 15) is 9.59 Å². The van der Waals surface area contributed by atoms with Crippen molar-refractivity contribution in [3.8, 4) is 0 Å². The predicted octanol–water partition coefficient (Wildman–Crippen LogP) is 2.95. The van der Waals surface area contributed by atoms with Crippen LogP contribution in [0.4, 0.5) is 5.69 Å². The lowest BCUT2D eigenvalue weighted by Crippen LogP contribution is -2.12. The van der Waals surface area contributed by atoms with E-state index in [4.69, 9.17) is 5.11 Å². The second-order valence-electron chi connectivity index (χ2n) is 4.21. The maximum absolute atomic E-state index is 11.9. The number of hydrogen-bond acceptors (Lipinski definition) is 2. The number of aromatic carboxylic acids is 1. The largest absolute Gasteiger partial charge is 0.478 e. The van der Waals surface area contributed by atoms with Gasteiger partial charge in [0.1, 0.15) is 0 Å². The van der Waals surface area contributed by atoms with Crippen LogP contribution in [-0.2, 0) is 0 Å². The zero-order valence-corrected chi connectivity index (χ0v) is 10.4. The molecule has 2 aromatic carbocycles. The van der Waals surface area contributed by atoms with Gasteiger partial charge in [-0.1, -0.05) is 12.1 Å². The van der Waals surface area contributed by atoms with Gasteiger partial charge in [-0.2, -0.15) is 0 Å². The monoisotopic (exact) mass is 255 g/mol. The molecule has 2 rings (SSSR count). The van der Waals surface area contributed by atoms with Crippen molar-refractivity contribution in [1.29, 1.82) is 0 Å². The molecule has 0 atom stereocenters. The molecule has 0 spiro atoms. The molecule has 4 nitrogen and oxygen atoms in total. The van der Waals surface area contributed by atoms with Gasteiger partial charge in [-0.3, -0.25) is 4.79 Å². The van der Waals surface area contributed by atoms with Crippen molar-refractivity contribution in [1.82, 2.24) is 0 Å². The first-order valence-corrected chi connectivity index (χ1v) is 5.77. The third-order valence-corrected chi connectivity index (χ3v) is 2.67. The minimum absolute atomic E-state index is 0.159. The Bertz CT molecular complexity index is 618. The second kappa shape index (κ2) is 5.35. The number of anilines is 1. The van der Waals surface area contributed by atoms with Crippen molar-refractivity contribution in [2.75, 3.05) is 5.32 Å². The Morgan fingerprint density at radius 1 is 1.00 bits per heavy atom. The van der Waals surface area contributed by atoms with Gasteiger partial charge in [-0.05, 0) is 48.9 Å². The first-order valence-electron chi connectivity index (χ1n) is 5.77. The van der Waals surface area contributed by atoms with E-state index < -0.39 is 5.97 Å². The number of amides is 1. The van der Waals surface area contributed by atoms with E-state index >= 15 is 0 Å². The summed E-state index contributed by atoms with van der Waals surface area (Å²) in [6, 6.07) is 13.3. The van der Waals surface area contributed by atoms with Crippen LogP contribution in [0.2, 0.25) is 0 Å². The summed E-state index contributed by atoms with van der Waals surface area (Å²) in [6.07, 6.45) is 0. The SMILES string of the molecule is Cc1cccc(NC(=O)c2ccc(C(=O)O)cc2)c1. The Morgan fingerprint density at radius 2 is 1.63 bits per heavy atom. The molecule has 0 saturated heterocycles. The second-order valence-corrected chi connectivity index (χ2v) is 4.21. The molecule has 2 aromatic rings. The quantitative estimate of drug-likeness (QED) is 0.886. The molecule has 0 radical (unpaired) electrons. The number of hydrogen-bond donors (Lipinski definition) is 2. The topological polar surface area (TPSA) is 66.4 Å². The van der Waals surface area contributed by atoms with Crippen LogP contribution in [0.5, 0.6) is 0 Å². The average Bonchev–Trinajstić information content (AvgIpc) is 2.39. The summed E-state index contributed by atoms with van der Waals surface area (Å²) in [5.41, 5.74) is 2.35. The van der Waals surface area contributed by atoms with Crippen LogP contribution in [0.15, 0.2) is 48.5 Å². The summed E-state index contributed by atoms with van der Waals surface area (Å²) in [5, 5.41) is 11.5. The van der Waals surface area contributed by atoms with E-state index in [1.54, 1.807) is 6.07 Å². The number of carbonyl (C=O) groups is 2. The summed E-state index contributed by atoms with van der Waals surface area (Å²) >= 11 is 0. The van der Waals surface area contributed by atoms with Gasteiger partial charge in [0.2, 0.25) is 0 Å². The van der Waals surface area contributed by atoms with Crippen LogP contribution in [0.3, 0.4) is 0 Å². The minimum Gasteiger partial charge on any atom is -0.478 e. The van der Waals surface area contributed by atoms with Gasteiger partial charge < -0.3 is 10.4 Å². The highest BCUT2D eigenvalue weighted by atomic mass is 16.4. The molecular weight excluding hydrogens is 242 g/mol. The molecule has 0 bridgehead atoms. The van der Waals surface area contributed by atoms with Gasteiger partial charge in [0.05, 0.1) is 5.56 Å². The molecule has 0 aromatic heterocycles. The van der Waals surface area contributed by atoms with Crippen LogP contribution in [0.1, 0.15) is 26.3 Å². The van der Waals surface area contributed by atoms with Crippen LogP contribution in [0.25, 0.3) is 0 Å². The summed E-state index contributed by atoms with van der Waals surface area (Å²) in [6.45, 7) is 1.94. The highest BCUT2D eigenvalue weighted by molar-refractivity contribution is 6.04. The van der Waals surface area contributed by atoms with Crippen molar-refractivity contribution in [3.63, 3.8) is 0 Å². The molecule has 19 heavy (non-hydrogen) atoms. The standard InChI is InChI=1S/C15H13NO3/c1-10-3-2-4-13(9-10)16-14(17)11-5-7-12(8-6-11)15(18)19/h2-9H,1H3,(H,16,17)(H,18,19). The number of rotatable bonds is 3. The van der Waals surface area contributed by atoms with E-state index in [1.165, 1.54) is 24.3 Å². The van der Waals surface area contributed by atoms with E-state index in [0.29, 0.717) is 11.3 Å². The fourth-order valence-electron chi connectivity index (χ4n) is 1.69. The molecule has 1 amide bonds. The fourth-order valence-corrected chi connectivity index (χ4v) is 1.69. The highest BCUT2D eigenvalue weighted by Crippen LogP contribution is 2.12. The van der Waals surface area contributed by atoms with Crippen molar-refractivity contribution in [2.45, 2.75) is 6.92 Å². The first-order chi connectivity index (χ1) is 9.06. The molecule has 0 saturated carbocycles. The Morgan fingerprint density at radius 3 is 2.21 bits per heavy atom. The third kappa shape index (κ3) is 3.19. The summed E-state index contributed by atoms with van der Waals surface area (Å²) < 4.78 is 0. The van der Waals surface area contributed by atoms with Crippen molar-refractivity contribution >= 4 is 17.6 Å². The number of carboxylic acids is 1. The van der Waals surface area contributed by atoms with Crippen LogP contribution in [-0.4, -0.2) is 17.0 Å². The molecule has 0 fully saturated rings. The van der Waals surface area contributed by atoms with Gasteiger partial charge in [0.25, 0.3) is 5.91 Å². The van der Waals surface area contributed by atoms with Crippen LogP contribution < -0.4 is 5.32 Å². The van der Waals surface area contributed by atoms with Crippen molar-refractivity contribution in [2.24, 2.45) is 0 Å². The van der Waals surface area contributed by atoms with Crippen LogP contribution in [0, 0.1) is 6.92 Å². The van der Waals surface area contributed by atoms with Crippen LogP contribution >= 0.6 is 0 Å². The molecular formula is C15H13NO3. The Kier molecular flexibility index (Phi) is 3.61. The van der Waals surface area contributed by atoms with E-state index in [1.807, 2.05) is 25.1 Å². The maximum Gasteiger partial charge on any atom is 0.335 e. The summed E-state index contributed by atoms with van der Waals surface area (Å²) in [5.74, 6) is -1.27. The molecule has 0 aliphatic rings. The molecule has 2 N–H and O–H groups in total. The predicted molar refractivity (Wildman–Crippen MR) is 72.5 cm³/mol. The highest BCUT2D eigenvalue weighted by Gasteiger charge is 2.08. The molecule has 0 heterocycles. The molecule has 4 heteroatoms. The van der Waals surface area contributed by atoms with Gasteiger partial charge in [-0.15, -0.1) is 0 Å². The maximum atomic E-state index is 11.9. The fraction of sp³-hybridized carbons (Fsp3) is 0.0667. The number of aryl methyl sites for hydroxylation is 1. The molecule has 96 valence electrons. The summed E-state index contributed by atoms with van der Waals surface area (Å²) in [7, 11) is 0. The number of benzene rings is 2. The van der Waals surface area contributed by atoms with E-state index in [-0.39, 0.29) is 11.5 Å². The van der Waals surface area contributed by atoms with Gasteiger partial charge >= 0.3 is 5.97 Å². The molecule has 0 aliphatic carbocycles. The molecule has 0 aliphatic heterocycles. The normalized spacial score (nSPS) is 9.95. The number of nitrogens with one attached hydrogen (secondary N) is 1. The Hall–Kier alpha value is -2.62. The van der Waals surface area contributed by atoms with E-state index in [2.05, 4.69) is 5.32 Å². The van der Waals surface area contributed by atoms with Gasteiger partial charge in [0.15, 0.2) is 0 Å². The average molecular weight is 255 g/mol. The first kappa shape index (κ1) is 12.8. The zero-order valence-electron chi connectivity index (χ0n) is 10.4. The zero-order chi connectivity index (χ0) is 13.8. The Balaban J connectivity index is 2.14. The molecule has 0 unspecified atom stereocenters. The summed E-state index contributed by atoms with van der Waals surface area (Å²) in [4.78, 5) is 22.7. The van der Waals surface area contributed by atoms with Gasteiger partial charge in [0, 0.05) is 11.3 Å². The lowest BCUT2D eigenvalue weighted by atomic mass is 10.1. The lowest BCUT2D eigenvalue weighted by Gasteiger charge is -2.06. The Labute approximate surface area is 110 Å². The smallest absolute Gasteiger partial charge is 0.335 e. The van der Waals surface area contributed by atoms with Crippen molar-refractivity contribution < 1.29 is 14.7 Å². The van der Waals surface area contributed by atoms with Gasteiger partial charge in [-0.25, -0.2) is 4.79 Å². The van der Waals surface area contributed by atoms with Crippen molar-refractivity contribution in [3.05, 3.63) is 65.2 Å². The van der Waals surface area contributed by atoms with E-state index in [0.717, 1.165) is 5.56 Å².